The van der Waals surface area contributed by atoms with Crippen molar-refractivity contribution in [3.63, 3.8) is 0 Å². The Kier molecular flexibility index (Phi) is 2.87. The molecule has 0 aliphatic rings. The summed E-state index contributed by atoms with van der Waals surface area (Å²) in [6, 6.07) is 14.8. The molecule has 1 aromatic heterocycles. The summed E-state index contributed by atoms with van der Waals surface area (Å²) in [6.07, 6.45) is 1.79. The molecule has 0 N–H and O–H groups in total. The number of rotatable bonds is 2. The minimum atomic E-state index is -0.241. The summed E-state index contributed by atoms with van der Waals surface area (Å²) in [6.45, 7) is 0. The smallest absolute Gasteiger partial charge is 0.143 e. The Bertz CT molecular complexity index is 710. The van der Waals surface area contributed by atoms with Crippen LogP contribution in [0.5, 0.6) is 0 Å². The van der Waals surface area contributed by atoms with Crippen LogP contribution in [0.3, 0.4) is 0 Å². The lowest BCUT2D eigenvalue weighted by atomic mass is 9.95. The summed E-state index contributed by atoms with van der Waals surface area (Å²) in [5, 5.41) is 8.14. The lowest BCUT2D eigenvalue weighted by Crippen LogP contribution is -2.09. The second kappa shape index (κ2) is 4.68. The van der Waals surface area contributed by atoms with Gasteiger partial charge in [-0.1, -0.05) is 47.1 Å². The van der Waals surface area contributed by atoms with E-state index in [1.165, 1.54) is 6.07 Å². The summed E-state index contributed by atoms with van der Waals surface area (Å²) in [5.41, 5.74) is 3.04. The molecule has 0 aliphatic carbocycles. The molecule has 3 rings (SSSR count). The van der Waals surface area contributed by atoms with Crippen molar-refractivity contribution < 1.29 is 4.39 Å². The molecule has 3 aromatic rings. The van der Waals surface area contributed by atoms with Crippen LogP contribution in [0.4, 0.5) is 4.39 Å². The Labute approximate surface area is 111 Å². The highest BCUT2D eigenvalue weighted by molar-refractivity contribution is 6.32. The van der Waals surface area contributed by atoms with Gasteiger partial charge in [0.25, 0.3) is 0 Å². The number of nitrogens with zero attached hydrogens (tertiary/aromatic N) is 3. The largest absolute Gasteiger partial charge is 0.220 e. The molecule has 0 atom stereocenters. The topological polar surface area (TPSA) is 30.7 Å². The Morgan fingerprint density at radius 1 is 1.05 bits per heavy atom. The van der Waals surface area contributed by atoms with Crippen LogP contribution in [0.1, 0.15) is 0 Å². The Balaban J connectivity index is 1.99. The quantitative estimate of drug-likeness (QED) is 0.643. The van der Waals surface area contributed by atoms with Crippen molar-refractivity contribution in [2.45, 2.75) is 0 Å². The first-order valence-corrected chi connectivity index (χ1v) is 5.98. The first kappa shape index (κ1) is 11.7. The number of hydrogen-bond donors (Lipinski definition) is 0. The third-order valence-corrected chi connectivity index (χ3v) is 2.98. The van der Waals surface area contributed by atoms with Crippen LogP contribution in [0.25, 0.3) is 16.9 Å². The van der Waals surface area contributed by atoms with Gasteiger partial charge in [-0.05, 0) is 12.1 Å². The lowest BCUT2D eigenvalue weighted by Gasteiger charge is -2.01. The molecule has 0 bridgehead atoms. The van der Waals surface area contributed by atoms with E-state index >= 15 is 0 Å². The van der Waals surface area contributed by atoms with Crippen LogP contribution in [0.15, 0.2) is 54.7 Å². The number of aromatic nitrogens is 3. The molecule has 19 heavy (non-hydrogen) atoms. The standard InChI is InChI=1S/C14H11BFN3/c15-12-7-6-11(8-13(12)16)19-9-14(17-18-19)10-4-2-1-3-5-10/h1-9H,15H2. The van der Waals surface area contributed by atoms with Crippen LogP contribution in [-0.4, -0.2) is 22.8 Å². The molecule has 0 saturated heterocycles. The minimum absolute atomic E-state index is 0.241. The van der Waals surface area contributed by atoms with Crippen molar-refractivity contribution in [3.05, 3.63) is 60.5 Å². The second-order valence-electron chi connectivity index (χ2n) is 4.35. The molecule has 2 aromatic carbocycles. The van der Waals surface area contributed by atoms with E-state index in [1.807, 2.05) is 36.4 Å². The normalized spacial score (nSPS) is 10.6. The monoisotopic (exact) mass is 251 g/mol. The summed E-state index contributed by atoms with van der Waals surface area (Å²) in [5.74, 6) is -0.241. The van der Waals surface area contributed by atoms with E-state index in [9.17, 15) is 4.39 Å². The van der Waals surface area contributed by atoms with Crippen LogP contribution >= 0.6 is 0 Å². The molecule has 0 spiro atoms. The Morgan fingerprint density at radius 3 is 2.58 bits per heavy atom. The van der Waals surface area contributed by atoms with E-state index in [0.717, 1.165) is 11.3 Å². The average Bonchev–Trinajstić information content (AvgIpc) is 2.93. The van der Waals surface area contributed by atoms with Gasteiger partial charge in [-0.25, -0.2) is 9.07 Å². The number of hydrogen-bond acceptors (Lipinski definition) is 2. The fraction of sp³-hybridized carbons (Fsp3) is 0. The van der Waals surface area contributed by atoms with Crippen molar-refractivity contribution in [2.75, 3.05) is 0 Å². The first-order chi connectivity index (χ1) is 9.24. The van der Waals surface area contributed by atoms with Gasteiger partial charge < -0.3 is 0 Å². The summed E-state index contributed by atoms with van der Waals surface area (Å²) in [4.78, 5) is 0. The fourth-order valence-corrected chi connectivity index (χ4v) is 1.86. The first-order valence-electron chi connectivity index (χ1n) is 5.98. The minimum Gasteiger partial charge on any atom is -0.220 e. The van der Waals surface area contributed by atoms with Gasteiger partial charge >= 0.3 is 0 Å². The van der Waals surface area contributed by atoms with Gasteiger partial charge in [0.1, 0.15) is 19.4 Å². The van der Waals surface area contributed by atoms with Crippen molar-refractivity contribution in [2.24, 2.45) is 0 Å². The zero-order valence-electron chi connectivity index (χ0n) is 10.4. The number of halogens is 1. The van der Waals surface area contributed by atoms with Gasteiger partial charge in [0.2, 0.25) is 0 Å². The molecular formula is C14H11BFN3. The second-order valence-corrected chi connectivity index (χ2v) is 4.35. The molecule has 3 nitrogen and oxygen atoms in total. The Morgan fingerprint density at radius 2 is 1.84 bits per heavy atom. The zero-order chi connectivity index (χ0) is 13.2. The highest BCUT2D eigenvalue weighted by Crippen LogP contribution is 2.17. The predicted molar refractivity (Wildman–Crippen MR) is 74.9 cm³/mol. The summed E-state index contributed by atoms with van der Waals surface area (Å²) < 4.78 is 15.1. The molecule has 0 saturated carbocycles. The van der Waals surface area contributed by atoms with Crippen LogP contribution < -0.4 is 5.46 Å². The van der Waals surface area contributed by atoms with E-state index in [2.05, 4.69) is 10.3 Å². The zero-order valence-corrected chi connectivity index (χ0v) is 10.4. The van der Waals surface area contributed by atoms with Crippen LogP contribution in [-0.2, 0) is 0 Å². The third kappa shape index (κ3) is 2.27. The predicted octanol–water partition coefficient (Wildman–Crippen LogP) is 1.33. The summed E-state index contributed by atoms with van der Waals surface area (Å²) in [7, 11) is 1.73. The summed E-state index contributed by atoms with van der Waals surface area (Å²) >= 11 is 0. The fourth-order valence-electron chi connectivity index (χ4n) is 1.86. The molecular weight excluding hydrogens is 240 g/mol. The van der Waals surface area contributed by atoms with E-state index in [0.29, 0.717) is 11.2 Å². The highest BCUT2D eigenvalue weighted by atomic mass is 19.1. The molecule has 0 aliphatic heterocycles. The van der Waals surface area contributed by atoms with Gasteiger partial charge in [0, 0.05) is 5.56 Å². The maximum atomic E-state index is 13.5. The van der Waals surface area contributed by atoms with Crippen molar-refractivity contribution >= 4 is 13.3 Å². The molecule has 0 radical (unpaired) electrons. The van der Waals surface area contributed by atoms with Crippen molar-refractivity contribution in [3.8, 4) is 16.9 Å². The molecule has 0 fully saturated rings. The number of benzene rings is 2. The van der Waals surface area contributed by atoms with E-state index in [1.54, 1.807) is 24.8 Å². The van der Waals surface area contributed by atoms with Gasteiger partial charge in [-0.15, -0.1) is 5.10 Å². The van der Waals surface area contributed by atoms with E-state index in [-0.39, 0.29) is 5.82 Å². The van der Waals surface area contributed by atoms with E-state index < -0.39 is 0 Å². The van der Waals surface area contributed by atoms with Gasteiger partial charge in [-0.3, -0.25) is 0 Å². The average molecular weight is 251 g/mol. The highest BCUT2D eigenvalue weighted by Gasteiger charge is 2.06. The molecule has 92 valence electrons. The lowest BCUT2D eigenvalue weighted by molar-refractivity contribution is 0.633. The maximum absolute atomic E-state index is 13.5. The third-order valence-electron chi connectivity index (χ3n) is 2.98. The van der Waals surface area contributed by atoms with Gasteiger partial charge in [0.15, 0.2) is 0 Å². The van der Waals surface area contributed by atoms with Crippen LogP contribution in [0.2, 0.25) is 0 Å². The van der Waals surface area contributed by atoms with E-state index in [4.69, 9.17) is 0 Å². The van der Waals surface area contributed by atoms with Crippen molar-refractivity contribution in [1.29, 1.82) is 0 Å². The Hall–Kier alpha value is -2.43. The molecule has 5 heteroatoms. The molecule has 0 unspecified atom stereocenters. The maximum Gasteiger partial charge on any atom is 0.143 e. The van der Waals surface area contributed by atoms with Gasteiger partial charge in [-0.2, -0.15) is 0 Å². The molecule has 1 heterocycles. The SMILES string of the molecule is Bc1ccc(-n2cc(-c3ccccc3)nn2)cc1F. The van der Waals surface area contributed by atoms with Crippen molar-refractivity contribution in [1.82, 2.24) is 15.0 Å². The molecule has 0 amide bonds. The van der Waals surface area contributed by atoms with Crippen LogP contribution in [0, 0.1) is 5.82 Å². The van der Waals surface area contributed by atoms with Gasteiger partial charge in [0.05, 0.1) is 11.9 Å².